The third kappa shape index (κ3) is 7.86. The van der Waals surface area contributed by atoms with Gasteiger partial charge in [0.25, 0.3) is 0 Å². The third-order valence-corrected chi connectivity index (χ3v) is 11.3. The molecule has 6 rings (SSSR count). The van der Waals surface area contributed by atoms with Crippen LogP contribution in [0.15, 0.2) is 42.7 Å². The first-order chi connectivity index (χ1) is 23.2. The van der Waals surface area contributed by atoms with E-state index >= 15 is 0 Å². The second kappa shape index (κ2) is 15.4. The van der Waals surface area contributed by atoms with Gasteiger partial charge in [0.2, 0.25) is 5.95 Å². The molecule has 0 amide bonds. The number of nitrogens with one attached hydrogen (secondary N) is 1. The van der Waals surface area contributed by atoms with Crippen LogP contribution in [-0.2, 0) is 29.4 Å². The fourth-order valence-electron chi connectivity index (χ4n) is 8.71. The number of piperidine rings is 1. The van der Waals surface area contributed by atoms with Gasteiger partial charge in [0, 0.05) is 64.2 Å². The Morgan fingerprint density at radius 2 is 1.90 bits per heavy atom. The maximum atomic E-state index is 11.7. The summed E-state index contributed by atoms with van der Waals surface area (Å²) in [6.45, 7) is 7.32. The molecular formula is C38H55N7O3. The Balaban J connectivity index is 1.33. The molecule has 10 nitrogen and oxygen atoms in total. The lowest BCUT2D eigenvalue weighted by atomic mass is 9.77. The third-order valence-electron chi connectivity index (χ3n) is 11.3. The van der Waals surface area contributed by atoms with Gasteiger partial charge >= 0.3 is 5.97 Å². The first kappa shape index (κ1) is 34.4. The summed E-state index contributed by atoms with van der Waals surface area (Å²) in [6, 6.07) is 11.1. The topological polar surface area (TPSA) is 109 Å². The van der Waals surface area contributed by atoms with Gasteiger partial charge in [-0.1, -0.05) is 44.2 Å². The standard InChI is InChI=1S/C38H55N7O3/c1-6-35(27-12-14-28(15-13-27)37(46)47)44(4)38-41-33-17-16-29(26-10-8-7-9-11-26)19-32(33)36(42-38)40-34(30-20-39-43(3)22-30)24-45-21-25(2)18-31(23-45)48-5/h7-11,20,22,25,27-29,31,34-35H,6,12-19,21,23-24H2,1-5H3,(H,46,47)(H,40,41,42)/t25-,27?,28?,29+,31-,34-,35+/m0/s1. The highest BCUT2D eigenvalue weighted by Gasteiger charge is 2.34. The monoisotopic (exact) mass is 657 g/mol. The van der Waals surface area contributed by atoms with Gasteiger partial charge < -0.3 is 20.1 Å². The minimum atomic E-state index is -0.655. The number of anilines is 2. The van der Waals surface area contributed by atoms with Crippen LogP contribution < -0.4 is 10.2 Å². The van der Waals surface area contributed by atoms with Crippen molar-refractivity contribution in [2.24, 2.45) is 24.8 Å². The largest absolute Gasteiger partial charge is 0.481 e. The molecule has 0 unspecified atom stereocenters. The molecule has 5 atom stereocenters. The molecule has 3 heterocycles. The summed E-state index contributed by atoms with van der Waals surface area (Å²) in [4.78, 5) is 27.1. The van der Waals surface area contributed by atoms with E-state index in [0.29, 0.717) is 17.8 Å². The Morgan fingerprint density at radius 3 is 2.56 bits per heavy atom. The van der Waals surface area contributed by atoms with E-state index in [0.717, 1.165) is 100 Å². The number of carboxylic acid groups (broad SMARTS) is 1. The van der Waals surface area contributed by atoms with Crippen LogP contribution in [0.4, 0.5) is 11.8 Å². The Labute approximate surface area is 286 Å². The van der Waals surface area contributed by atoms with Crippen molar-refractivity contribution in [1.82, 2.24) is 24.6 Å². The van der Waals surface area contributed by atoms with Crippen LogP contribution in [0.25, 0.3) is 0 Å². The maximum Gasteiger partial charge on any atom is 0.306 e. The number of carbonyl (C=O) groups is 1. The minimum absolute atomic E-state index is 0.0102. The average molecular weight is 658 g/mol. The number of likely N-dealkylation sites (tertiary alicyclic amines) is 1. The predicted octanol–water partition coefficient (Wildman–Crippen LogP) is 6.10. The number of hydrogen-bond donors (Lipinski definition) is 2. The molecule has 48 heavy (non-hydrogen) atoms. The Bertz CT molecular complexity index is 1510. The second-order valence-corrected chi connectivity index (χ2v) is 14.7. The predicted molar refractivity (Wildman–Crippen MR) is 189 cm³/mol. The van der Waals surface area contributed by atoms with Crippen LogP contribution in [0, 0.1) is 17.8 Å². The van der Waals surface area contributed by atoms with Gasteiger partial charge in [-0.25, -0.2) is 4.98 Å². The van der Waals surface area contributed by atoms with Crippen LogP contribution in [-0.4, -0.2) is 81.7 Å². The number of hydrogen-bond acceptors (Lipinski definition) is 8. The maximum absolute atomic E-state index is 11.7. The van der Waals surface area contributed by atoms with Crippen LogP contribution in [0.3, 0.4) is 0 Å². The van der Waals surface area contributed by atoms with E-state index in [-0.39, 0.29) is 24.1 Å². The van der Waals surface area contributed by atoms with E-state index in [1.54, 1.807) is 0 Å². The SMILES string of the molecule is CC[C@H](C1CCC(C(=O)O)CC1)N(C)c1nc2c(c(N[C@@H](CN3C[C@@H](C)C[C@H](OC)C3)c3cnn(C)c3)n1)C[C@H](c1ccccc1)CC2. The summed E-state index contributed by atoms with van der Waals surface area (Å²) in [5.41, 5.74) is 4.87. The molecule has 10 heteroatoms. The number of carboxylic acids is 1. The molecule has 2 aromatic heterocycles. The van der Waals surface area contributed by atoms with Crippen LogP contribution in [0.2, 0.25) is 0 Å². The normalized spacial score (nSPS) is 26.0. The smallest absolute Gasteiger partial charge is 0.306 e. The Hall–Kier alpha value is -3.50. The van der Waals surface area contributed by atoms with Gasteiger partial charge in [0.15, 0.2) is 0 Å². The molecule has 0 bridgehead atoms. The number of fused-ring (bicyclic) bond motifs is 1. The summed E-state index contributed by atoms with van der Waals surface area (Å²) in [5, 5.41) is 18.1. The number of methoxy groups -OCH3 is 1. The molecule has 0 radical (unpaired) electrons. The number of benzene rings is 1. The molecule has 0 spiro atoms. The second-order valence-electron chi connectivity index (χ2n) is 14.7. The zero-order chi connectivity index (χ0) is 33.8. The quantitative estimate of drug-likeness (QED) is 0.239. The van der Waals surface area contributed by atoms with Gasteiger partial charge in [-0.2, -0.15) is 10.1 Å². The Kier molecular flexibility index (Phi) is 11.0. The Morgan fingerprint density at radius 1 is 1.12 bits per heavy atom. The molecule has 2 fully saturated rings. The first-order valence-corrected chi connectivity index (χ1v) is 18.1. The van der Waals surface area contributed by atoms with Crippen molar-refractivity contribution in [3.63, 3.8) is 0 Å². The van der Waals surface area contributed by atoms with E-state index in [1.807, 2.05) is 25.0 Å². The van der Waals surface area contributed by atoms with E-state index in [2.05, 4.69) is 77.6 Å². The van der Waals surface area contributed by atoms with Gasteiger partial charge in [-0.05, 0) is 81.1 Å². The number of aryl methyl sites for hydroxylation is 2. The number of aliphatic carboxylic acids is 1. The molecule has 3 aromatic rings. The van der Waals surface area contributed by atoms with Crippen molar-refractivity contribution in [1.29, 1.82) is 0 Å². The average Bonchev–Trinajstić information content (AvgIpc) is 3.54. The molecule has 1 saturated heterocycles. The lowest BCUT2D eigenvalue weighted by Crippen LogP contribution is -2.45. The molecule has 1 aromatic carbocycles. The molecule has 2 N–H and O–H groups in total. The molecule has 1 aliphatic heterocycles. The molecule has 1 saturated carbocycles. The summed E-state index contributed by atoms with van der Waals surface area (Å²) < 4.78 is 7.72. The van der Waals surface area contributed by atoms with E-state index in [1.165, 1.54) is 11.1 Å². The van der Waals surface area contributed by atoms with E-state index < -0.39 is 5.97 Å². The van der Waals surface area contributed by atoms with E-state index in [9.17, 15) is 9.90 Å². The fraction of sp³-hybridized carbons (Fsp3) is 0.632. The number of aromatic nitrogens is 4. The van der Waals surface area contributed by atoms with Crippen molar-refractivity contribution in [3.05, 3.63) is 65.1 Å². The summed E-state index contributed by atoms with van der Waals surface area (Å²) in [7, 11) is 5.94. The van der Waals surface area contributed by atoms with Gasteiger partial charge in [0.05, 0.1) is 30.0 Å². The molecule has 2 aliphatic carbocycles. The fourth-order valence-corrected chi connectivity index (χ4v) is 8.71. The highest BCUT2D eigenvalue weighted by atomic mass is 16.5. The zero-order valence-electron chi connectivity index (χ0n) is 29.5. The van der Waals surface area contributed by atoms with Crippen molar-refractivity contribution in [2.75, 3.05) is 44.0 Å². The number of ether oxygens (including phenoxy) is 1. The van der Waals surface area contributed by atoms with Crippen molar-refractivity contribution in [2.45, 2.75) is 95.7 Å². The van der Waals surface area contributed by atoms with E-state index in [4.69, 9.17) is 14.7 Å². The molecular weight excluding hydrogens is 602 g/mol. The zero-order valence-corrected chi connectivity index (χ0v) is 29.5. The van der Waals surface area contributed by atoms with Crippen molar-refractivity contribution < 1.29 is 14.6 Å². The summed E-state index contributed by atoms with van der Waals surface area (Å²) >= 11 is 0. The number of nitrogens with zero attached hydrogens (tertiary/aromatic N) is 6. The van der Waals surface area contributed by atoms with Crippen LogP contribution >= 0.6 is 0 Å². The molecule has 260 valence electrons. The first-order valence-electron chi connectivity index (χ1n) is 18.1. The minimum Gasteiger partial charge on any atom is -0.481 e. The van der Waals surface area contributed by atoms with Gasteiger partial charge in [0.1, 0.15) is 5.82 Å². The van der Waals surface area contributed by atoms with Gasteiger partial charge in [-0.15, -0.1) is 0 Å². The summed E-state index contributed by atoms with van der Waals surface area (Å²) in [6.07, 6.45) is 12.6. The van der Waals surface area contributed by atoms with Crippen LogP contribution in [0.5, 0.6) is 0 Å². The number of rotatable bonds is 12. The summed E-state index contributed by atoms with van der Waals surface area (Å²) in [5.74, 6) is 2.22. The van der Waals surface area contributed by atoms with Crippen molar-refractivity contribution >= 4 is 17.7 Å². The highest BCUT2D eigenvalue weighted by Crippen LogP contribution is 2.39. The highest BCUT2D eigenvalue weighted by molar-refractivity contribution is 5.70. The molecule has 3 aliphatic rings. The van der Waals surface area contributed by atoms with Gasteiger partial charge in [-0.3, -0.25) is 14.4 Å². The van der Waals surface area contributed by atoms with Crippen LogP contribution in [0.1, 0.15) is 93.1 Å². The lowest BCUT2D eigenvalue weighted by Gasteiger charge is -2.39. The lowest BCUT2D eigenvalue weighted by molar-refractivity contribution is -0.143. The van der Waals surface area contributed by atoms with Crippen molar-refractivity contribution in [3.8, 4) is 0 Å².